The number of halogens is 2. The molecule has 0 radical (unpaired) electrons. The van der Waals surface area contributed by atoms with Crippen molar-refractivity contribution < 1.29 is 13.5 Å². The van der Waals surface area contributed by atoms with Gasteiger partial charge in [0.1, 0.15) is 0 Å². The van der Waals surface area contributed by atoms with Gasteiger partial charge in [-0.2, -0.15) is 0 Å². The fourth-order valence-electron chi connectivity index (χ4n) is 3.50. The number of benzene rings is 2. The Labute approximate surface area is 169 Å². The molecule has 28 heavy (non-hydrogen) atoms. The van der Waals surface area contributed by atoms with E-state index in [-0.39, 0.29) is 5.56 Å². The summed E-state index contributed by atoms with van der Waals surface area (Å²) in [4.78, 5) is 0.685. The Kier molecular flexibility index (Phi) is 5.77. The largest absolute Gasteiger partial charge is 0.484 e. The van der Waals surface area contributed by atoms with Crippen LogP contribution in [0.4, 0.5) is 8.78 Å². The normalized spacial score (nSPS) is 14.1. The van der Waals surface area contributed by atoms with Gasteiger partial charge in [0.25, 0.3) is 0 Å². The third-order valence-corrected chi connectivity index (χ3v) is 6.45. The molecule has 2 aromatic carbocycles. The highest BCUT2D eigenvalue weighted by Gasteiger charge is 2.20. The topological polar surface area (TPSA) is 9.23 Å². The summed E-state index contributed by atoms with van der Waals surface area (Å²) in [5.74, 6) is -0.962. The smallest absolute Gasteiger partial charge is 0.174 e. The molecule has 0 atom stereocenters. The number of ether oxygens (including phenoxy) is 1. The highest BCUT2D eigenvalue weighted by molar-refractivity contribution is 7.17. The average Bonchev–Trinajstić information content (AvgIpc) is 3.12. The molecule has 1 aliphatic rings. The van der Waals surface area contributed by atoms with Crippen molar-refractivity contribution in [1.29, 1.82) is 0 Å². The number of hydrogen-bond donors (Lipinski definition) is 0. The Balaban J connectivity index is 1.54. The molecular weight excluding hydrogens is 374 g/mol. The van der Waals surface area contributed by atoms with Gasteiger partial charge in [-0.3, -0.25) is 0 Å². The van der Waals surface area contributed by atoms with Gasteiger partial charge in [0.05, 0.1) is 6.61 Å². The van der Waals surface area contributed by atoms with Crippen LogP contribution in [0.3, 0.4) is 0 Å². The summed E-state index contributed by atoms with van der Waals surface area (Å²) in [6.07, 6.45) is 5.77. The van der Waals surface area contributed by atoms with E-state index in [1.165, 1.54) is 36.2 Å². The number of aryl methyl sites for hydroxylation is 1. The van der Waals surface area contributed by atoms with Gasteiger partial charge in [-0.05, 0) is 54.5 Å². The van der Waals surface area contributed by atoms with Crippen molar-refractivity contribution in [3.8, 4) is 26.6 Å². The SMILES string of the molecule is CCCc1ccc(-c2ccc(-c3ccc(OCC4CCC4)s3)c(F)c2F)cc1. The van der Waals surface area contributed by atoms with Crippen LogP contribution in [0.1, 0.15) is 38.2 Å². The van der Waals surface area contributed by atoms with Crippen LogP contribution < -0.4 is 4.74 Å². The number of thiophene rings is 1. The molecule has 146 valence electrons. The summed E-state index contributed by atoms with van der Waals surface area (Å²) in [6.45, 7) is 2.83. The lowest BCUT2D eigenvalue weighted by Crippen LogP contribution is -2.18. The summed E-state index contributed by atoms with van der Waals surface area (Å²) in [5.41, 5.74) is 2.48. The van der Waals surface area contributed by atoms with Crippen LogP contribution in [0.15, 0.2) is 48.5 Å². The summed E-state index contributed by atoms with van der Waals surface area (Å²) in [7, 11) is 0. The lowest BCUT2D eigenvalue weighted by molar-refractivity contribution is 0.184. The molecule has 1 saturated carbocycles. The summed E-state index contributed by atoms with van der Waals surface area (Å²) in [6, 6.07) is 14.7. The van der Waals surface area contributed by atoms with Crippen LogP contribution in [0.25, 0.3) is 21.6 Å². The van der Waals surface area contributed by atoms with Crippen LogP contribution in [-0.2, 0) is 6.42 Å². The maximum atomic E-state index is 14.8. The summed E-state index contributed by atoms with van der Waals surface area (Å²) < 4.78 is 35.4. The monoisotopic (exact) mass is 398 g/mol. The van der Waals surface area contributed by atoms with Gasteiger partial charge in [-0.25, -0.2) is 8.78 Å². The Morgan fingerprint density at radius 2 is 1.64 bits per heavy atom. The zero-order valence-electron chi connectivity index (χ0n) is 16.0. The number of rotatable bonds is 7. The molecule has 0 saturated heterocycles. The third kappa shape index (κ3) is 3.97. The average molecular weight is 399 g/mol. The molecule has 3 aromatic rings. The first-order chi connectivity index (χ1) is 13.7. The minimum atomic E-state index is -0.803. The molecular formula is C24H24F2OS. The van der Waals surface area contributed by atoms with Crippen molar-refractivity contribution in [3.63, 3.8) is 0 Å². The highest BCUT2D eigenvalue weighted by Crippen LogP contribution is 2.38. The van der Waals surface area contributed by atoms with Gasteiger partial charge >= 0.3 is 0 Å². The Hall–Kier alpha value is -2.20. The van der Waals surface area contributed by atoms with E-state index in [9.17, 15) is 8.78 Å². The van der Waals surface area contributed by atoms with Crippen molar-refractivity contribution in [2.45, 2.75) is 39.0 Å². The predicted octanol–water partition coefficient (Wildman–Crippen LogP) is 7.49. The Bertz CT molecular complexity index is 942. The second-order valence-corrected chi connectivity index (χ2v) is 8.51. The summed E-state index contributed by atoms with van der Waals surface area (Å²) in [5, 5.41) is 0.761. The second kappa shape index (κ2) is 8.44. The van der Waals surface area contributed by atoms with E-state index in [0.29, 0.717) is 28.5 Å². The minimum absolute atomic E-state index is 0.285. The van der Waals surface area contributed by atoms with Gasteiger partial charge < -0.3 is 4.74 Å². The second-order valence-electron chi connectivity index (χ2n) is 7.46. The molecule has 4 heteroatoms. The highest BCUT2D eigenvalue weighted by atomic mass is 32.1. The summed E-state index contributed by atoms with van der Waals surface area (Å²) >= 11 is 1.37. The van der Waals surface area contributed by atoms with Crippen molar-refractivity contribution in [1.82, 2.24) is 0 Å². The predicted molar refractivity (Wildman–Crippen MR) is 112 cm³/mol. The molecule has 0 bridgehead atoms. The van der Waals surface area contributed by atoms with E-state index in [4.69, 9.17) is 4.74 Å². The quantitative estimate of drug-likeness (QED) is 0.400. The van der Waals surface area contributed by atoms with Crippen molar-refractivity contribution in [3.05, 3.63) is 65.7 Å². The van der Waals surface area contributed by atoms with Crippen molar-refractivity contribution >= 4 is 11.3 Å². The van der Waals surface area contributed by atoms with Crippen molar-refractivity contribution in [2.24, 2.45) is 5.92 Å². The van der Waals surface area contributed by atoms with Gasteiger partial charge in [0.2, 0.25) is 0 Å². The standard InChI is InChI=1S/C24H24F2OS/c1-2-4-16-7-9-18(10-8-16)19-11-12-20(24(26)23(19)25)21-13-14-22(28-21)27-15-17-5-3-6-17/h7-14,17H,2-6,15H2,1H3. The van der Waals surface area contributed by atoms with E-state index in [1.807, 2.05) is 30.3 Å². The van der Waals surface area contributed by atoms with Crippen LogP contribution >= 0.6 is 11.3 Å². The minimum Gasteiger partial charge on any atom is -0.484 e. The maximum absolute atomic E-state index is 14.8. The van der Waals surface area contributed by atoms with Gasteiger partial charge in [-0.1, -0.05) is 61.4 Å². The molecule has 0 N–H and O–H groups in total. The van der Waals surface area contributed by atoms with Crippen LogP contribution in [0.2, 0.25) is 0 Å². The fourth-order valence-corrected chi connectivity index (χ4v) is 4.39. The first kappa shape index (κ1) is 19.1. The van der Waals surface area contributed by atoms with Crippen LogP contribution in [0.5, 0.6) is 5.06 Å². The van der Waals surface area contributed by atoms with Gasteiger partial charge in [0.15, 0.2) is 16.7 Å². The van der Waals surface area contributed by atoms with Crippen LogP contribution in [-0.4, -0.2) is 6.61 Å². The van der Waals surface area contributed by atoms with E-state index < -0.39 is 11.6 Å². The zero-order chi connectivity index (χ0) is 19.5. The lowest BCUT2D eigenvalue weighted by Gasteiger charge is -2.24. The van der Waals surface area contributed by atoms with Gasteiger partial charge in [0, 0.05) is 16.0 Å². The Morgan fingerprint density at radius 3 is 2.32 bits per heavy atom. The molecule has 4 rings (SSSR count). The lowest BCUT2D eigenvalue weighted by atomic mass is 9.86. The van der Waals surface area contributed by atoms with E-state index in [2.05, 4.69) is 6.92 Å². The number of hydrogen-bond acceptors (Lipinski definition) is 2. The zero-order valence-corrected chi connectivity index (χ0v) is 16.8. The molecule has 1 nitrogen and oxygen atoms in total. The van der Waals surface area contributed by atoms with Gasteiger partial charge in [-0.15, -0.1) is 0 Å². The van der Waals surface area contributed by atoms with E-state index in [0.717, 1.165) is 17.9 Å². The first-order valence-electron chi connectivity index (χ1n) is 9.96. The molecule has 1 aliphatic carbocycles. The molecule has 0 spiro atoms. The molecule has 1 fully saturated rings. The van der Waals surface area contributed by atoms with E-state index in [1.54, 1.807) is 18.2 Å². The first-order valence-corrected chi connectivity index (χ1v) is 10.8. The van der Waals surface area contributed by atoms with Crippen LogP contribution in [0, 0.1) is 17.6 Å². The third-order valence-electron chi connectivity index (χ3n) is 5.42. The molecule has 0 aliphatic heterocycles. The van der Waals surface area contributed by atoms with Crippen molar-refractivity contribution in [2.75, 3.05) is 6.61 Å². The Morgan fingerprint density at radius 1 is 0.929 bits per heavy atom. The molecule has 0 unspecified atom stereocenters. The fraction of sp³-hybridized carbons (Fsp3) is 0.333. The molecule has 1 heterocycles. The maximum Gasteiger partial charge on any atom is 0.174 e. The molecule has 0 amide bonds. The van der Waals surface area contributed by atoms with E-state index >= 15 is 0 Å². The molecule has 1 aromatic heterocycles.